The van der Waals surface area contributed by atoms with Crippen molar-refractivity contribution in [3.63, 3.8) is 0 Å². The average Bonchev–Trinajstić information content (AvgIpc) is 2.16. The van der Waals surface area contributed by atoms with E-state index in [2.05, 4.69) is 0 Å². The highest BCUT2D eigenvalue weighted by atomic mass is 16.7. The van der Waals surface area contributed by atoms with Gasteiger partial charge in [0.25, 0.3) is 0 Å². The van der Waals surface area contributed by atoms with Crippen molar-refractivity contribution >= 4 is 5.78 Å². The van der Waals surface area contributed by atoms with Crippen molar-refractivity contribution < 1.29 is 19.0 Å². The Bertz CT molecular complexity index is 211. The molecular weight excluding hydrogens is 196 g/mol. The number of carbonyl (C=O) groups is 1. The lowest BCUT2D eigenvalue weighted by Crippen LogP contribution is -2.42. The molecule has 0 spiro atoms. The van der Waals surface area contributed by atoms with Gasteiger partial charge in [0.1, 0.15) is 5.78 Å². The second kappa shape index (κ2) is 5.58. The summed E-state index contributed by atoms with van der Waals surface area (Å²) >= 11 is 0. The van der Waals surface area contributed by atoms with Crippen molar-refractivity contribution in [1.29, 1.82) is 0 Å². The summed E-state index contributed by atoms with van der Waals surface area (Å²) < 4.78 is 15.9. The smallest absolute Gasteiger partial charge is 0.167 e. The molecule has 4 heteroatoms. The molecule has 0 bridgehead atoms. The second-order valence-electron chi connectivity index (χ2n) is 4.25. The SMILES string of the molecule is COC(C)(CC(C)=O)CC(C)(OC)OC. The summed E-state index contributed by atoms with van der Waals surface area (Å²) in [5.41, 5.74) is -0.549. The van der Waals surface area contributed by atoms with E-state index in [0.717, 1.165) is 0 Å². The largest absolute Gasteiger partial charge is 0.378 e. The van der Waals surface area contributed by atoms with Gasteiger partial charge >= 0.3 is 0 Å². The van der Waals surface area contributed by atoms with Gasteiger partial charge in [-0.3, -0.25) is 4.79 Å². The molecule has 0 N–H and O–H groups in total. The van der Waals surface area contributed by atoms with Crippen LogP contribution in [0.25, 0.3) is 0 Å². The number of hydrogen-bond donors (Lipinski definition) is 0. The predicted octanol–water partition coefficient (Wildman–Crippen LogP) is 1.77. The van der Waals surface area contributed by atoms with Crippen LogP contribution in [0.2, 0.25) is 0 Å². The van der Waals surface area contributed by atoms with Gasteiger partial charge in [0.15, 0.2) is 5.79 Å². The van der Waals surface area contributed by atoms with Gasteiger partial charge in [-0.05, 0) is 20.8 Å². The predicted molar refractivity (Wildman–Crippen MR) is 57.8 cm³/mol. The van der Waals surface area contributed by atoms with Crippen molar-refractivity contribution in [2.24, 2.45) is 0 Å². The Hall–Kier alpha value is -0.450. The molecule has 0 saturated heterocycles. The first-order valence-corrected chi connectivity index (χ1v) is 4.96. The lowest BCUT2D eigenvalue weighted by atomic mass is 9.91. The van der Waals surface area contributed by atoms with Crippen LogP contribution in [0.4, 0.5) is 0 Å². The van der Waals surface area contributed by atoms with E-state index < -0.39 is 11.4 Å². The van der Waals surface area contributed by atoms with Gasteiger partial charge in [0.05, 0.1) is 5.60 Å². The van der Waals surface area contributed by atoms with Crippen LogP contribution in [0.1, 0.15) is 33.6 Å². The molecule has 0 heterocycles. The maximum absolute atomic E-state index is 11.1. The van der Waals surface area contributed by atoms with Crippen LogP contribution in [0, 0.1) is 0 Å². The Morgan fingerprint density at radius 3 is 1.80 bits per heavy atom. The van der Waals surface area contributed by atoms with E-state index in [-0.39, 0.29) is 5.78 Å². The highest BCUT2D eigenvalue weighted by Gasteiger charge is 2.36. The van der Waals surface area contributed by atoms with Crippen molar-refractivity contribution in [2.45, 2.75) is 45.0 Å². The van der Waals surface area contributed by atoms with Crippen LogP contribution >= 0.6 is 0 Å². The molecule has 0 fully saturated rings. The molecule has 0 rings (SSSR count). The third-order valence-corrected chi connectivity index (χ3v) is 2.67. The average molecular weight is 218 g/mol. The van der Waals surface area contributed by atoms with Crippen molar-refractivity contribution in [2.75, 3.05) is 21.3 Å². The Labute approximate surface area is 91.9 Å². The number of methoxy groups -OCH3 is 3. The molecule has 1 unspecified atom stereocenters. The Morgan fingerprint density at radius 2 is 1.53 bits per heavy atom. The molecule has 0 aromatic carbocycles. The third kappa shape index (κ3) is 4.73. The zero-order valence-electron chi connectivity index (χ0n) is 10.5. The molecule has 0 saturated carbocycles. The second-order valence-corrected chi connectivity index (χ2v) is 4.25. The molecule has 4 nitrogen and oxygen atoms in total. The monoisotopic (exact) mass is 218 g/mol. The van der Waals surface area contributed by atoms with E-state index in [9.17, 15) is 4.79 Å². The number of Topliss-reactive ketones (excluding diaryl/α,β-unsaturated/α-hetero) is 1. The molecule has 0 aromatic rings. The summed E-state index contributed by atoms with van der Waals surface area (Å²) in [7, 11) is 4.75. The summed E-state index contributed by atoms with van der Waals surface area (Å²) in [5, 5.41) is 0. The van der Waals surface area contributed by atoms with E-state index in [1.165, 1.54) is 0 Å². The highest BCUT2D eigenvalue weighted by Crippen LogP contribution is 2.29. The Morgan fingerprint density at radius 1 is 1.07 bits per heavy atom. The molecule has 0 radical (unpaired) electrons. The first-order valence-electron chi connectivity index (χ1n) is 4.96. The zero-order chi connectivity index (χ0) is 12.1. The van der Waals surface area contributed by atoms with E-state index in [1.54, 1.807) is 28.3 Å². The normalized spacial score (nSPS) is 16.1. The minimum absolute atomic E-state index is 0.0916. The topological polar surface area (TPSA) is 44.8 Å². The summed E-state index contributed by atoms with van der Waals surface area (Å²) in [5.74, 6) is -0.630. The first kappa shape index (κ1) is 14.6. The minimum Gasteiger partial charge on any atom is -0.378 e. The molecule has 0 aromatic heterocycles. The fraction of sp³-hybridized carbons (Fsp3) is 0.909. The number of ether oxygens (including phenoxy) is 3. The molecule has 90 valence electrons. The van der Waals surface area contributed by atoms with Crippen LogP contribution in [0.15, 0.2) is 0 Å². The van der Waals surface area contributed by atoms with Gasteiger partial charge < -0.3 is 14.2 Å². The van der Waals surface area contributed by atoms with Crippen LogP contribution in [-0.2, 0) is 19.0 Å². The lowest BCUT2D eigenvalue weighted by Gasteiger charge is -2.36. The van der Waals surface area contributed by atoms with Crippen molar-refractivity contribution in [1.82, 2.24) is 0 Å². The van der Waals surface area contributed by atoms with Crippen LogP contribution < -0.4 is 0 Å². The van der Waals surface area contributed by atoms with E-state index in [4.69, 9.17) is 14.2 Å². The summed E-state index contributed by atoms with van der Waals surface area (Å²) in [6.07, 6.45) is 0.856. The van der Waals surface area contributed by atoms with Crippen molar-refractivity contribution in [3.8, 4) is 0 Å². The zero-order valence-corrected chi connectivity index (χ0v) is 10.5. The van der Waals surface area contributed by atoms with Gasteiger partial charge in [0, 0.05) is 34.2 Å². The number of carbonyl (C=O) groups excluding carboxylic acids is 1. The maximum atomic E-state index is 11.1. The van der Waals surface area contributed by atoms with Gasteiger partial charge in [-0.15, -0.1) is 0 Å². The standard InChI is InChI=1S/C11H22O4/c1-9(12)7-10(2,13-4)8-11(3,14-5)15-6/h7-8H2,1-6H3. The Kier molecular flexibility index (Phi) is 5.42. The van der Waals surface area contributed by atoms with Crippen LogP contribution in [-0.4, -0.2) is 38.5 Å². The fourth-order valence-corrected chi connectivity index (χ4v) is 1.64. The quantitative estimate of drug-likeness (QED) is 0.611. The van der Waals surface area contributed by atoms with Crippen molar-refractivity contribution in [3.05, 3.63) is 0 Å². The molecule has 0 aliphatic rings. The molecule has 15 heavy (non-hydrogen) atoms. The number of hydrogen-bond acceptors (Lipinski definition) is 4. The molecule has 0 aliphatic carbocycles. The molecule has 0 amide bonds. The fourth-order valence-electron chi connectivity index (χ4n) is 1.64. The van der Waals surface area contributed by atoms with E-state index in [1.807, 2.05) is 13.8 Å². The Balaban J connectivity index is 4.61. The number of ketones is 1. The molecule has 0 aliphatic heterocycles. The van der Waals surface area contributed by atoms with Gasteiger partial charge in [-0.25, -0.2) is 0 Å². The minimum atomic E-state index is -0.722. The van der Waals surface area contributed by atoms with Gasteiger partial charge in [-0.2, -0.15) is 0 Å². The molecular formula is C11H22O4. The summed E-state index contributed by atoms with van der Waals surface area (Å²) in [6.45, 7) is 5.25. The highest BCUT2D eigenvalue weighted by molar-refractivity contribution is 5.76. The maximum Gasteiger partial charge on any atom is 0.167 e. The van der Waals surface area contributed by atoms with E-state index >= 15 is 0 Å². The van der Waals surface area contributed by atoms with Gasteiger partial charge in [-0.1, -0.05) is 0 Å². The van der Waals surface area contributed by atoms with Gasteiger partial charge in [0.2, 0.25) is 0 Å². The summed E-state index contributed by atoms with van der Waals surface area (Å²) in [4.78, 5) is 11.1. The summed E-state index contributed by atoms with van der Waals surface area (Å²) in [6, 6.07) is 0. The molecule has 1 atom stereocenters. The van der Waals surface area contributed by atoms with E-state index in [0.29, 0.717) is 12.8 Å². The first-order chi connectivity index (χ1) is 6.81. The third-order valence-electron chi connectivity index (χ3n) is 2.67. The van der Waals surface area contributed by atoms with Crippen LogP contribution in [0.3, 0.4) is 0 Å². The lowest BCUT2D eigenvalue weighted by molar-refractivity contribution is -0.224. The number of rotatable bonds is 7. The van der Waals surface area contributed by atoms with Crippen LogP contribution in [0.5, 0.6) is 0 Å².